The Morgan fingerprint density at radius 3 is 2.65 bits per heavy atom. The van der Waals surface area contributed by atoms with Crippen molar-refractivity contribution in [1.29, 1.82) is 0 Å². The van der Waals surface area contributed by atoms with Crippen LogP contribution in [0.5, 0.6) is 11.5 Å². The van der Waals surface area contributed by atoms with E-state index in [2.05, 4.69) is 22.6 Å². The fourth-order valence-electron chi connectivity index (χ4n) is 2.38. The quantitative estimate of drug-likeness (QED) is 0.244. The minimum atomic E-state index is 0.00695. The number of halogens is 1. The number of ether oxygens (including phenoxy) is 2. The fraction of sp³-hybridized carbons (Fsp3) is 0.0952. The van der Waals surface area contributed by atoms with E-state index in [0.29, 0.717) is 6.61 Å². The fourth-order valence-corrected chi connectivity index (χ4v) is 3.38. The highest BCUT2D eigenvalue weighted by Crippen LogP contribution is 2.23. The molecule has 0 unspecified atom stereocenters. The van der Waals surface area contributed by atoms with Crippen LogP contribution in [0, 0.1) is 3.57 Å². The van der Waals surface area contributed by atoms with Gasteiger partial charge in [0.15, 0.2) is 5.78 Å². The summed E-state index contributed by atoms with van der Waals surface area (Å²) in [5, 5.41) is 1.90. The lowest BCUT2D eigenvalue weighted by atomic mass is 10.1. The van der Waals surface area contributed by atoms with Gasteiger partial charge in [-0.15, -0.1) is 11.3 Å². The molecule has 0 bridgehead atoms. The molecule has 3 rings (SSSR count). The van der Waals surface area contributed by atoms with Crippen LogP contribution in [0.15, 0.2) is 66.1 Å². The number of ketones is 1. The Labute approximate surface area is 170 Å². The highest BCUT2D eigenvalue weighted by atomic mass is 127. The molecule has 0 aliphatic rings. The number of carbonyl (C=O) groups excluding carboxylic acids is 1. The molecule has 0 fully saturated rings. The molecule has 1 aromatic heterocycles. The second-order valence-electron chi connectivity index (χ2n) is 5.49. The molecular weight excluding hydrogens is 459 g/mol. The maximum Gasteiger partial charge on any atom is 0.195 e. The van der Waals surface area contributed by atoms with Crippen LogP contribution in [0.3, 0.4) is 0 Å². The first kappa shape index (κ1) is 18.7. The second kappa shape index (κ2) is 9.00. The van der Waals surface area contributed by atoms with Crippen LogP contribution in [-0.4, -0.2) is 12.9 Å². The van der Waals surface area contributed by atoms with Crippen molar-refractivity contribution in [2.45, 2.75) is 6.61 Å². The summed E-state index contributed by atoms with van der Waals surface area (Å²) in [6.07, 6.45) is 3.41. The maximum absolute atomic E-state index is 12.1. The van der Waals surface area contributed by atoms with Crippen molar-refractivity contribution in [3.05, 3.63) is 85.6 Å². The zero-order chi connectivity index (χ0) is 18.4. The number of rotatable bonds is 7. The number of thiophene rings is 1. The van der Waals surface area contributed by atoms with Gasteiger partial charge >= 0.3 is 0 Å². The summed E-state index contributed by atoms with van der Waals surface area (Å²) in [5.74, 6) is 1.58. The average Bonchev–Trinajstić information content (AvgIpc) is 3.20. The van der Waals surface area contributed by atoms with Crippen molar-refractivity contribution in [3.63, 3.8) is 0 Å². The summed E-state index contributed by atoms with van der Waals surface area (Å²) in [4.78, 5) is 12.8. The summed E-state index contributed by atoms with van der Waals surface area (Å²) < 4.78 is 12.4. The van der Waals surface area contributed by atoms with Gasteiger partial charge in [0.05, 0.1) is 12.0 Å². The number of carbonyl (C=O) groups is 1. The van der Waals surface area contributed by atoms with Crippen molar-refractivity contribution < 1.29 is 14.3 Å². The Kier molecular flexibility index (Phi) is 6.46. The maximum atomic E-state index is 12.1. The van der Waals surface area contributed by atoms with Gasteiger partial charge in [-0.05, 0) is 82.1 Å². The van der Waals surface area contributed by atoms with Gasteiger partial charge in [-0.2, -0.15) is 0 Å². The van der Waals surface area contributed by atoms with Crippen LogP contribution >= 0.6 is 33.9 Å². The van der Waals surface area contributed by atoms with Crippen LogP contribution < -0.4 is 9.47 Å². The number of hydrogen-bond donors (Lipinski definition) is 0. The van der Waals surface area contributed by atoms with E-state index in [1.165, 1.54) is 11.3 Å². The normalized spacial score (nSPS) is 10.8. The molecule has 0 saturated carbocycles. The van der Waals surface area contributed by atoms with E-state index in [4.69, 9.17) is 9.47 Å². The smallest absolute Gasteiger partial charge is 0.195 e. The third kappa shape index (κ3) is 4.95. The Balaban J connectivity index is 1.73. The summed E-state index contributed by atoms with van der Waals surface area (Å²) >= 11 is 3.70. The van der Waals surface area contributed by atoms with Crippen LogP contribution in [-0.2, 0) is 6.61 Å². The van der Waals surface area contributed by atoms with E-state index in [9.17, 15) is 4.79 Å². The highest BCUT2D eigenvalue weighted by Gasteiger charge is 2.06. The van der Waals surface area contributed by atoms with Crippen LogP contribution in [0.1, 0.15) is 20.8 Å². The van der Waals surface area contributed by atoms with Crippen LogP contribution in [0.25, 0.3) is 6.08 Å². The average molecular weight is 476 g/mol. The van der Waals surface area contributed by atoms with Gasteiger partial charge in [0.25, 0.3) is 0 Å². The predicted molar refractivity (Wildman–Crippen MR) is 114 cm³/mol. The van der Waals surface area contributed by atoms with Crippen molar-refractivity contribution in [2.75, 3.05) is 7.11 Å². The lowest BCUT2D eigenvalue weighted by Gasteiger charge is -2.11. The molecule has 2 aromatic carbocycles. The number of methoxy groups -OCH3 is 1. The summed E-state index contributed by atoms with van der Waals surface area (Å²) in [5.41, 5.74) is 1.86. The van der Waals surface area contributed by atoms with E-state index in [-0.39, 0.29) is 5.78 Å². The first-order valence-electron chi connectivity index (χ1n) is 7.97. The zero-order valence-corrected chi connectivity index (χ0v) is 17.1. The molecule has 5 heteroatoms. The van der Waals surface area contributed by atoms with Gasteiger partial charge < -0.3 is 9.47 Å². The number of allylic oxidation sites excluding steroid dienone is 1. The molecule has 0 spiro atoms. The van der Waals surface area contributed by atoms with E-state index >= 15 is 0 Å². The summed E-state index contributed by atoms with van der Waals surface area (Å²) in [7, 11) is 1.64. The molecule has 3 aromatic rings. The number of benzene rings is 2. The topological polar surface area (TPSA) is 35.5 Å². The van der Waals surface area contributed by atoms with E-state index in [1.54, 1.807) is 13.2 Å². The van der Waals surface area contributed by atoms with Gasteiger partial charge in [-0.3, -0.25) is 4.79 Å². The monoisotopic (exact) mass is 476 g/mol. The lowest BCUT2D eigenvalue weighted by molar-refractivity contribution is 0.105. The zero-order valence-electron chi connectivity index (χ0n) is 14.1. The van der Waals surface area contributed by atoms with Crippen molar-refractivity contribution >= 4 is 45.8 Å². The minimum absolute atomic E-state index is 0.00695. The molecule has 132 valence electrons. The number of hydrogen-bond acceptors (Lipinski definition) is 4. The molecule has 0 saturated heterocycles. The van der Waals surface area contributed by atoms with Gasteiger partial charge in [0.1, 0.15) is 18.1 Å². The third-order valence-electron chi connectivity index (χ3n) is 3.70. The summed E-state index contributed by atoms with van der Waals surface area (Å²) in [6, 6.07) is 17.4. The van der Waals surface area contributed by atoms with E-state index < -0.39 is 0 Å². The van der Waals surface area contributed by atoms with E-state index in [0.717, 1.165) is 31.1 Å². The van der Waals surface area contributed by atoms with Crippen molar-refractivity contribution in [3.8, 4) is 11.5 Å². The van der Waals surface area contributed by atoms with Crippen LogP contribution in [0.2, 0.25) is 0 Å². The van der Waals surface area contributed by atoms with Gasteiger partial charge in [-0.1, -0.05) is 18.2 Å². The van der Waals surface area contributed by atoms with E-state index in [1.807, 2.05) is 66.1 Å². The largest absolute Gasteiger partial charge is 0.496 e. The Hall–Kier alpha value is -2.12. The summed E-state index contributed by atoms with van der Waals surface area (Å²) in [6.45, 7) is 0.393. The van der Waals surface area contributed by atoms with Gasteiger partial charge in [-0.25, -0.2) is 0 Å². The molecule has 0 N–H and O–H groups in total. The minimum Gasteiger partial charge on any atom is -0.496 e. The SMILES string of the molecule is COc1ccc(/C=C/C(=O)c2cccs2)cc1COc1ccc(I)cc1. The molecule has 3 nitrogen and oxygen atoms in total. The highest BCUT2D eigenvalue weighted by molar-refractivity contribution is 14.1. The molecule has 0 atom stereocenters. The lowest BCUT2D eigenvalue weighted by Crippen LogP contribution is -1.99. The second-order valence-corrected chi connectivity index (χ2v) is 7.68. The van der Waals surface area contributed by atoms with Crippen LogP contribution in [0.4, 0.5) is 0 Å². The third-order valence-corrected chi connectivity index (χ3v) is 5.31. The molecule has 26 heavy (non-hydrogen) atoms. The molecular formula is C21H17IO3S. The first-order chi connectivity index (χ1) is 12.7. The Bertz CT molecular complexity index is 900. The molecule has 0 aliphatic carbocycles. The van der Waals surface area contributed by atoms with Gasteiger partial charge in [0.2, 0.25) is 0 Å². The van der Waals surface area contributed by atoms with Crippen molar-refractivity contribution in [2.24, 2.45) is 0 Å². The first-order valence-corrected chi connectivity index (χ1v) is 9.93. The Morgan fingerprint density at radius 2 is 1.96 bits per heavy atom. The molecule has 1 heterocycles. The molecule has 0 amide bonds. The van der Waals surface area contributed by atoms with Crippen molar-refractivity contribution in [1.82, 2.24) is 0 Å². The molecule has 0 radical (unpaired) electrons. The predicted octanol–water partition coefficient (Wildman–Crippen LogP) is 5.84. The van der Waals surface area contributed by atoms with Gasteiger partial charge in [0, 0.05) is 9.13 Å². The molecule has 0 aliphatic heterocycles. The standard InChI is InChI=1S/C21H17IO3S/c1-24-20-11-5-15(4-10-19(23)21-3-2-12-26-21)13-16(20)14-25-18-8-6-17(22)7-9-18/h2-13H,14H2,1H3/b10-4+. The Morgan fingerprint density at radius 1 is 1.15 bits per heavy atom.